The summed E-state index contributed by atoms with van der Waals surface area (Å²) in [7, 11) is 0. The molecule has 1 aliphatic carbocycles. The second-order valence-electron chi connectivity index (χ2n) is 8.64. The molecule has 26 heavy (non-hydrogen) atoms. The molecule has 0 radical (unpaired) electrons. The van der Waals surface area contributed by atoms with E-state index in [4.69, 9.17) is 0 Å². The SMILES string of the molecule is CC(C(=O)N1CCCCCC1)N1CCN(c2cc(C3(C)CC3)[nH]n2)CC1. The van der Waals surface area contributed by atoms with Crippen molar-refractivity contribution in [2.45, 2.75) is 63.8 Å². The van der Waals surface area contributed by atoms with Crippen molar-refractivity contribution in [1.29, 1.82) is 0 Å². The average molecular weight is 360 g/mol. The van der Waals surface area contributed by atoms with Crippen molar-refractivity contribution in [2.75, 3.05) is 44.2 Å². The summed E-state index contributed by atoms with van der Waals surface area (Å²) < 4.78 is 0. The van der Waals surface area contributed by atoms with Crippen molar-refractivity contribution in [3.05, 3.63) is 11.8 Å². The number of nitrogens with one attached hydrogen (secondary N) is 1. The molecule has 0 bridgehead atoms. The first-order valence-electron chi connectivity index (χ1n) is 10.4. The number of H-pyrrole nitrogens is 1. The van der Waals surface area contributed by atoms with Gasteiger partial charge in [-0.25, -0.2) is 0 Å². The zero-order valence-corrected chi connectivity index (χ0v) is 16.3. The number of aromatic amines is 1. The van der Waals surface area contributed by atoms with E-state index in [0.29, 0.717) is 11.3 Å². The fourth-order valence-electron chi connectivity index (χ4n) is 4.29. The van der Waals surface area contributed by atoms with Crippen LogP contribution in [0.2, 0.25) is 0 Å². The van der Waals surface area contributed by atoms with Crippen LogP contribution in [0.4, 0.5) is 5.82 Å². The van der Waals surface area contributed by atoms with Gasteiger partial charge in [0.15, 0.2) is 5.82 Å². The summed E-state index contributed by atoms with van der Waals surface area (Å²) >= 11 is 0. The molecular formula is C20H33N5O. The molecule has 2 aliphatic heterocycles. The van der Waals surface area contributed by atoms with Gasteiger partial charge < -0.3 is 9.80 Å². The van der Waals surface area contributed by atoms with Crippen LogP contribution in [0.3, 0.4) is 0 Å². The maximum Gasteiger partial charge on any atom is 0.239 e. The lowest BCUT2D eigenvalue weighted by atomic mass is 10.1. The van der Waals surface area contributed by atoms with E-state index >= 15 is 0 Å². The Kier molecular flexibility index (Phi) is 4.95. The van der Waals surface area contributed by atoms with Gasteiger partial charge in [-0.2, -0.15) is 5.10 Å². The molecule has 1 aromatic rings. The Morgan fingerprint density at radius 1 is 1.08 bits per heavy atom. The Labute approximate surface area is 156 Å². The molecule has 1 saturated carbocycles. The van der Waals surface area contributed by atoms with Crippen molar-refractivity contribution in [1.82, 2.24) is 20.0 Å². The number of piperazine rings is 1. The smallest absolute Gasteiger partial charge is 0.239 e. The van der Waals surface area contributed by atoms with Crippen LogP contribution in [-0.2, 0) is 10.2 Å². The van der Waals surface area contributed by atoms with Crippen molar-refractivity contribution >= 4 is 11.7 Å². The van der Waals surface area contributed by atoms with Crippen LogP contribution >= 0.6 is 0 Å². The highest BCUT2D eigenvalue weighted by Crippen LogP contribution is 2.47. The van der Waals surface area contributed by atoms with E-state index in [0.717, 1.165) is 57.9 Å². The first kappa shape index (κ1) is 17.8. The Morgan fingerprint density at radius 2 is 1.73 bits per heavy atom. The van der Waals surface area contributed by atoms with E-state index in [1.54, 1.807) is 0 Å². The molecule has 1 atom stereocenters. The fraction of sp³-hybridized carbons (Fsp3) is 0.800. The largest absolute Gasteiger partial charge is 0.353 e. The molecule has 144 valence electrons. The second-order valence-corrected chi connectivity index (χ2v) is 8.64. The normalized spacial score (nSPS) is 25.0. The number of rotatable bonds is 4. The molecule has 3 fully saturated rings. The number of aromatic nitrogens is 2. The van der Waals surface area contributed by atoms with Crippen molar-refractivity contribution in [3.8, 4) is 0 Å². The number of anilines is 1. The second kappa shape index (κ2) is 7.22. The third-order valence-electron chi connectivity index (χ3n) is 6.68. The maximum absolute atomic E-state index is 12.9. The molecule has 2 saturated heterocycles. The number of amides is 1. The molecule has 1 aromatic heterocycles. The highest BCUT2D eigenvalue weighted by atomic mass is 16.2. The fourth-order valence-corrected chi connectivity index (χ4v) is 4.29. The molecule has 0 aromatic carbocycles. The van der Waals surface area contributed by atoms with Gasteiger partial charge in [-0.3, -0.25) is 14.8 Å². The van der Waals surface area contributed by atoms with Crippen LogP contribution in [0.5, 0.6) is 0 Å². The number of hydrogen-bond donors (Lipinski definition) is 1. The zero-order valence-electron chi connectivity index (χ0n) is 16.3. The van der Waals surface area contributed by atoms with Crippen molar-refractivity contribution in [3.63, 3.8) is 0 Å². The van der Waals surface area contributed by atoms with E-state index in [2.05, 4.69) is 44.8 Å². The minimum atomic E-state index is -0.00429. The predicted molar refractivity (Wildman–Crippen MR) is 103 cm³/mol. The average Bonchev–Trinajstić information content (AvgIpc) is 3.32. The molecule has 1 amide bonds. The van der Waals surface area contributed by atoms with E-state index < -0.39 is 0 Å². The number of likely N-dealkylation sites (tertiary alicyclic amines) is 1. The standard InChI is InChI=1S/C20H33N5O/c1-16(19(26)25-9-5-3-4-6-10-25)23-11-13-24(14-12-23)18-15-17(21-22-18)20(2)7-8-20/h15-16H,3-14H2,1-2H3,(H,21,22). The lowest BCUT2D eigenvalue weighted by Gasteiger charge is -2.39. The molecule has 6 heteroatoms. The van der Waals surface area contributed by atoms with E-state index in [1.165, 1.54) is 31.4 Å². The first-order chi connectivity index (χ1) is 12.6. The highest BCUT2D eigenvalue weighted by molar-refractivity contribution is 5.81. The summed E-state index contributed by atoms with van der Waals surface area (Å²) in [6, 6.07) is 2.23. The number of nitrogens with zero attached hydrogens (tertiary/aromatic N) is 4. The van der Waals surface area contributed by atoms with Gasteiger partial charge in [0, 0.05) is 56.4 Å². The molecule has 3 aliphatic rings. The molecule has 4 rings (SSSR count). The summed E-state index contributed by atoms with van der Waals surface area (Å²) in [6.07, 6.45) is 7.37. The maximum atomic E-state index is 12.9. The van der Waals surface area contributed by atoms with Crippen LogP contribution in [0, 0.1) is 0 Å². The van der Waals surface area contributed by atoms with Gasteiger partial charge in [-0.1, -0.05) is 19.8 Å². The van der Waals surface area contributed by atoms with Crippen LogP contribution in [-0.4, -0.2) is 71.2 Å². The van der Waals surface area contributed by atoms with Crippen LogP contribution < -0.4 is 4.90 Å². The lowest BCUT2D eigenvalue weighted by molar-refractivity contribution is -0.136. The van der Waals surface area contributed by atoms with Crippen LogP contribution in [0.25, 0.3) is 0 Å². The minimum Gasteiger partial charge on any atom is -0.353 e. The predicted octanol–water partition coefficient (Wildman–Crippen LogP) is 2.37. The first-order valence-corrected chi connectivity index (χ1v) is 10.4. The topological polar surface area (TPSA) is 55.5 Å². The summed E-state index contributed by atoms with van der Waals surface area (Å²) in [5.41, 5.74) is 1.61. The Morgan fingerprint density at radius 3 is 2.35 bits per heavy atom. The minimum absolute atomic E-state index is 0.00429. The van der Waals surface area contributed by atoms with Gasteiger partial charge >= 0.3 is 0 Å². The van der Waals surface area contributed by atoms with Gasteiger partial charge in [0.2, 0.25) is 5.91 Å². The Balaban J connectivity index is 1.31. The van der Waals surface area contributed by atoms with Gasteiger partial charge in [0.1, 0.15) is 0 Å². The van der Waals surface area contributed by atoms with Crippen molar-refractivity contribution < 1.29 is 4.79 Å². The quantitative estimate of drug-likeness (QED) is 0.897. The van der Waals surface area contributed by atoms with Crippen LogP contribution in [0.1, 0.15) is 58.1 Å². The Hall–Kier alpha value is -1.56. The van der Waals surface area contributed by atoms with E-state index in [1.807, 2.05) is 0 Å². The van der Waals surface area contributed by atoms with Crippen molar-refractivity contribution in [2.24, 2.45) is 0 Å². The van der Waals surface area contributed by atoms with Gasteiger partial charge in [-0.15, -0.1) is 0 Å². The third kappa shape index (κ3) is 3.61. The summed E-state index contributed by atoms with van der Waals surface area (Å²) in [4.78, 5) is 19.7. The molecule has 3 heterocycles. The summed E-state index contributed by atoms with van der Waals surface area (Å²) in [6.45, 7) is 10.0. The van der Waals surface area contributed by atoms with E-state index in [9.17, 15) is 4.79 Å². The van der Waals surface area contributed by atoms with Crippen LogP contribution in [0.15, 0.2) is 6.07 Å². The van der Waals surface area contributed by atoms with Gasteiger partial charge in [0.25, 0.3) is 0 Å². The molecule has 1 N–H and O–H groups in total. The molecular weight excluding hydrogens is 326 g/mol. The molecule has 1 unspecified atom stereocenters. The number of carbonyl (C=O) groups excluding carboxylic acids is 1. The van der Waals surface area contributed by atoms with E-state index in [-0.39, 0.29) is 6.04 Å². The number of carbonyl (C=O) groups is 1. The molecule has 0 spiro atoms. The molecule has 6 nitrogen and oxygen atoms in total. The zero-order chi connectivity index (χ0) is 18.1. The van der Waals surface area contributed by atoms with Gasteiger partial charge in [-0.05, 0) is 32.6 Å². The monoisotopic (exact) mass is 359 g/mol. The third-order valence-corrected chi connectivity index (χ3v) is 6.68. The summed E-state index contributed by atoms with van der Waals surface area (Å²) in [5.74, 6) is 1.39. The number of hydrogen-bond acceptors (Lipinski definition) is 4. The Bertz CT molecular complexity index is 622. The lowest BCUT2D eigenvalue weighted by Crippen LogP contribution is -2.54. The highest BCUT2D eigenvalue weighted by Gasteiger charge is 2.41. The van der Waals surface area contributed by atoms with Gasteiger partial charge in [0.05, 0.1) is 6.04 Å². The summed E-state index contributed by atoms with van der Waals surface area (Å²) in [5, 5.41) is 7.78.